The van der Waals surface area contributed by atoms with E-state index in [0.29, 0.717) is 24.5 Å². The van der Waals surface area contributed by atoms with Gasteiger partial charge >= 0.3 is 0 Å². The summed E-state index contributed by atoms with van der Waals surface area (Å²) in [5, 5.41) is 60.0. The van der Waals surface area contributed by atoms with Crippen molar-refractivity contribution < 1.29 is 54.3 Å². The van der Waals surface area contributed by atoms with Crippen LogP contribution >= 0.6 is 0 Å². The van der Waals surface area contributed by atoms with E-state index in [-0.39, 0.29) is 29.9 Å². The van der Waals surface area contributed by atoms with Crippen LogP contribution in [-0.2, 0) is 20.6 Å². The third-order valence-corrected chi connectivity index (χ3v) is 7.06. The van der Waals surface area contributed by atoms with E-state index in [2.05, 4.69) is 0 Å². The van der Waals surface area contributed by atoms with Gasteiger partial charge in [-0.3, -0.25) is 0 Å². The lowest BCUT2D eigenvalue weighted by molar-refractivity contribution is -0.304. The van der Waals surface area contributed by atoms with Gasteiger partial charge in [0.05, 0.1) is 40.1 Å². The van der Waals surface area contributed by atoms with Gasteiger partial charge in [-0.05, 0) is 47.7 Å². The van der Waals surface area contributed by atoms with E-state index < -0.39 is 43.4 Å². The van der Waals surface area contributed by atoms with Crippen molar-refractivity contribution >= 4 is 0 Å². The molecule has 8 atom stereocenters. The largest absolute Gasteiger partial charge is 0.504 e. The SMILES string of the molecule is COc1cc(C[C@@H]2CO[C@H](c3ccc(O)c(OC)c3)[C@@H]2CO[C@@H]2O[C@@H](CO)[C@@H](O)[C@@H](O)[C@H]2O)ccc1O. The molecule has 11 heteroatoms. The van der Waals surface area contributed by atoms with E-state index in [1.165, 1.54) is 20.3 Å². The Labute approximate surface area is 214 Å². The number of ether oxygens (including phenoxy) is 5. The van der Waals surface area contributed by atoms with Gasteiger partial charge in [-0.1, -0.05) is 12.1 Å². The Morgan fingerprint density at radius 3 is 2.24 bits per heavy atom. The second kappa shape index (κ2) is 11.8. The molecular formula is C26H34O11. The topological polar surface area (TPSA) is 168 Å². The highest BCUT2D eigenvalue weighted by Crippen LogP contribution is 2.43. The summed E-state index contributed by atoms with van der Waals surface area (Å²) in [7, 11) is 2.93. The summed E-state index contributed by atoms with van der Waals surface area (Å²) < 4.78 is 28.1. The number of aliphatic hydroxyl groups excluding tert-OH is 4. The minimum atomic E-state index is -1.55. The van der Waals surface area contributed by atoms with Crippen LogP contribution in [0.1, 0.15) is 17.2 Å². The van der Waals surface area contributed by atoms with Crippen LogP contribution < -0.4 is 9.47 Å². The van der Waals surface area contributed by atoms with Crippen molar-refractivity contribution in [1.29, 1.82) is 0 Å². The number of phenolic OH excluding ortho intramolecular Hbond substituents is 2. The van der Waals surface area contributed by atoms with Gasteiger partial charge in [-0.15, -0.1) is 0 Å². The van der Waals surface area contributed by atoms with Crippen LogP contribution in [0, 0.1) is 11.8 Å². The normalized spacial score (nSPS) is 31.8. The van der Waals surface area contributed by atoms with Gasteiger partial charge < -0.3 is 54.3 Å². The van der Waals surface area contributed by atoms with E-state index in [9.17, 15) is 30.6 Å². The van der Waals surface area contributed by atoms with Crippen LogP contribution in [0.15, 0.2) is 36.4 Å². The lowest BCUT2D eigenvalue weighted by Gasteiger charge is -2.40. The number of benzene rings is 2. The Bertz CT molecular complexity index is 1050. The molecule has 2 aliphatic heterocycles. The molecule has 0 amide bonds. The molecule has 6 N–H and O–H groups in total. The Hall–Kier alpha value is -2.64. The lowest BCUT2D eigenvalue weighted by Crippen LogP contribution is -2.59. The Balaban J connectivity index is 1.57. The third-order valence-electron chi connectivity index (χ3n) is 7.06. The smallest absolute Gasteiger partial charge is 0.186 e. The first-order valence-electron chi connectivity index (χ1n) is 12.0. The molecule has 204 valence electrons. The number of aromatic hydroxyl groups is 2. The van der Waals surface area contributed by atoms with Gasteiger partial charge in [0.15, 0.2) is 29.3 Å². The van der Waals surface area contributed by atoms with Crippen molar-refractivity contribution in [3.05, 3.63) is 47.5 Å². The molecule has 0 bridgehead atoms. The van der Waals surface area contributed by atoms with E-state index in [0.717, 1.165) is 11.1 Å². The molecule has 11 nitrogen and oxygen atoms in total. The summed E-state index contributed by atoms with van der Waals surface area (Å²) >= 11 is 0. The molecular weight excluding hydrogens is 488 g/mol. The highest BCUT2D eigenvalue weighted by molar-refractivity contribution is 5.43. The molecule has 0 aromatic heterocycles. The second-order valence-corrected chi connectivity index (χ2v) is 9.35. The Morgan fingerprint density at radius 2 is 1.57 bits per heavy atom. The standard InChI is InChI=1S/C26H34O11/c1-33-19-8-13(3-5-17(19)28)7-15-11-35-25(14-4-6-18(29)20(9-14)34-2)16(15)12-36-26-24(32)23(31)22(30)21(10-27)37-26/h3-6,8-9,15-16,21-32H,7,10-12H2,1-2H3/t15-,16-,21+,22-,23-,24-,25-,26-/m1/s1. The first kappa shape index (κ1) is 27.4. The van der Waals surface area contributed by atoms with Crippen LogP contribution in [0.5, 0.6) is 23.0 Å². The molecule has 0 radical (unpaired) electrons. The van der Waals surface area contributed by atoms with Crippen molar-refractivity contribution in [2.45, 2.75) is 43.2 Å². The number of phenols is 2. The number of rotatable bonds is 9. The third kappa shape index (κ3) is 5.78. The van der Waals surface area contributed by atoms with Crippen LogP contribution in [0.2, 0.25) is 0 Å². The van der Waals surface area contributed by atoms with Gasteiger partial charge in [-0.2, -0.15) is 0 Å². The van der Waals surface area contributed by atoms with Gasteiger partial charge in [0.1, 0.15) is 24.4 Å². The monoisotopic (exact) mass is 522 g/mol. The maximum Gasteiger partial charge on any atom is 0.186 e. The van der Waals surface area contributed by atoms with Gasteiger partial charge in [0.25, 0.3) is 0 Å². The number of aliphatic hydroxyl groups is 4. The number of methoxy groups -OCH3 is 2. The minimum absolute atomic E-state index is 0.00824. The van der Waals surface area contributed by atoms with Crippen molar-refractivity contribution in [3.8, 4) is 23.0 Å². The molecule has 0 saturated carbocycles. The average Bonchev–Trinajstić information content (AvgIpc) is 3.30. The fourth-order valence-electron chi connectivity index (χ4n) is 4.93. The highest BCUT2D eigenvalue weighted by Gasteiger charge is 2.45. The van der Waals surface area contributed by atoms with Crippen LogP contribution in [-0.4, -0.2) is 95.4 Å². The molecule has 2 aromatic rings. The van der Waals surface area contributed by atoms with Gasteiger partial charge in [0.2, 0.25) is 0 Å². The van der Waals surface area contributed by atoms with Gasteiger partial charge in [-0.25, -0.2) is 0 Å². The van der Waals surface area contributed by atoms with Crippen LogP contribution in [0.25, 0.3) is 0 Å². The maximum absolute atomic E-state index is 10.4. The maximum atomic E-state index is 10.4. The average molecular weight is 523 g/mol. The van der Waals surface area contributed by atoms with E-state index >= 15 is 0 Å². The van der Waals surface area contributed by atoms with E-state index in [1.54, 1.807) is 30.3 Å². The molecule has 2 heterocycles. The molecule has 37 heavy (non-hydrogen) atoms. The quantitative estimate of drug-likeness (QED) is 0.271. The summed E-state index contributed by atoms with van der Waals surface area (Å²) in [5.41, 5.74) is 1.66. The van der Waals surface area contributed by atoms with Crippen molar-refractivity contribution in [3.63, 3.8) is 0 Å². The van der Waals surface area contributed by atoms with E-state index in [4.69, 9.17) is 23.7 Å². The summed E-state index contributed by atoms with van der Waals surface area (Å²) in [6, 6.07) is 10.0. The van der Waals surface area contributed by atoms with Crippen LogP contribution in [0.4, 0.5) is 0 Å². The Kier molecular flexibility index (Phi) is 8.75. The minimum Gasteiger partial charge on any atom is -0.504 e. The molecule has 2 saturated heterocycles. The molecule has 2 fully saturated rings. The lowest BCUT2D eigenvalue weighted by atomic mass is 9.84. The van der Waals surface area contributed by atoms with E-state index in [1.807, 2.05) is 0 Å². The Morgan fingerprint density at radius 1 is 0.892 bits per heavy atom. The summed E-state index contributed by atoms with van der Waals surface area (Å²) in [6.07, 6.45) is -6.81. The van der Waals surface area contributed by atoms with Gasteiger partial charge in [0, 0.05) is 5.92 Å². The molecule has 2 aliphatic rings. The molecule has 0 unspecified atom stereocenters. The van der Waals surface area contributed by atoms with Crippen molar-refractivity contribution in [2.24, 2.45) is 11.8 Å². The zero-order valence-corrected chi connectivity index (χ0v) is 20.6. The van der Waals surface area contributed by atoms with Crippen LogP contribution in [0.3, 0.4) is 0 Å². The molecule has 4 rings (SSSR count). The molecule has 2 aromatic carbocycles. The summed E-state index contributed by atoms with van der Waals surface area (Å²) in [4.78, 5) is 0. The second-order valence-electron chi connectivity index (χ2n) is 9.35. The fraction of sp³-hybridized carbons (Fsp3) is 0.538. The zero-order valence-electron chi connectivity index (χ0n) is 20.6. The predicted molar refractivity (Wildman–Crippen MR) is 128 cm³/mol. The highest BCUT2D eigenvalue weighted by atomic mass is 16.7. The van der Waals surface area contributed by atoms with Crippen molar-refractivity contribution in [1.82, 2.24) is 0 Å². The predicted octanol–water partition coefficient (Wildman–Crippen LogP) is 0.478. The molecule has 0 spiro atoms. The summed E-state index contributed by atoms with van der Waals surface area (Å²) in [6.45, 7) is -0.130. The summed E-state index contributed by atoms with van der Waals surface area (Å²) in [5.74, 6) is 0.341. The van der Waals surface area contributed by atoms with Crippen molar-refractivity contribution in [2.75, 3.05) is 34.0 Å². The zero-order chi connectivity index (χ0) is 26.7. The first-order valence-corrected chi connectivity index (χ1v) is 12.0. The first-order chi connectivity index (χ1) is 17.8. The number of hydrogen-bond donors (Lipinski definition) is 6. The molecule has 0 aliphatic carbocycles. The fourth-order valence-corrected chi connectivity index (χ4v) is 4.93. The number of hydrogen-bond acceptors (Lipinski definition) is 11.